The van der Waals surface area contributed by atoms with Crippen molar-refractivity contribution in [3.05, 3.63) is 64.8 Å². The zero-order valence-corrected chi connectivity index (χ0v) is 30.7. The van der Waals surface area contributed by atoms with Gasteiger partial charge in [0, 0.05) is 48.4 Å². The van der Waals surface area contributed by atoms with E-state index >= 15 is 0 Å². The van der Waals surface area contributed by atoms with E-state index in [2.05, 4.69) is 53.4 Å². The number of alkyl halides is 4. The molecule has 3 aromatic rings. The van der Waals surface area contributed by atoms with Crippen LogP contribution in [0.3, 0.4) is 0 Å². The number of benzene rings is 2. The summed E-state index contributed by atoms with van der Waals surface area (Å²) in [6.45, 7) is 4.74. The molecule has 1 aliphatic heterocycles. The molecule has 1 unspecified atom stereocenters. The molecule has 11 nitrogen and oxygen atoms in total. The number of nitrogens with zero attached hydrogens (tertiary/aromatic N) is 4. The van der Waals surface area contributed by atoms with Crippen LogP contribution >= 0.6 is 22.6 Å². The number of rotatable bonds is 13. The molecule has 3 N–H and O–H groups in total. The van der Waals surface area contributed by atoms with Gasteiger partial charge in [-0.25, -0.2) is 13.4 Å². The average molecular weight is 816 g/mol. The molecule has 16 heteroatoms. The molecule has 2 aliphatic rings. The van der Waals surface area contributed by atoms with Crippen LogP contribution in [0.2, 0.25) is 0 Å². The van der Waals surface area contributed by atoms with Crippen molar-refractivity contribution in [2.24, 2.45) is 5.92 Å². The quantitative estimate of drug-likeness (QED) is 0.134. The number of amides is 1. The Balaban J connectivity index is 1.33. The molecule has 2 fully saturated rings. The summed E-state index contributed by atoms with van der Waals surface area (Å²) in [5, 5.41) is 8.78. The predicted octanol–water partition coefficient (Wildman–Crippen LogP) is 6.36. The Kier molecular flexibility index (Phi) is 11.5. The van der Waals surface area contributed by atoms with Crippen LogP contribution in [-0.4, -0.2) is 75.3 Å². The zero-order chi connectivity index (χ0) is 35.5. The number of piperidine rings is 1. The van der Waals surface area contributed by atoms with Gasteiger partial charge in [0.25, 0.3) is 5.91 Å². The Hall–Kier alpha value is -3.38. The van der Waals surface area contributed by atoms with Gasteiger partial charge in [0.05, 0.1) is 24.7 Å². The molecule has 0 radical (unpaired) electrons. The second kappa shape index (κ2) is 15.2. The lowest BCUT2D eigenvalue weighted by Crippen LogP contribution is -2.48. The largest absolute Gasteiger partial charge is 0.495 e. The maximum atomic E-state index is 14.0. The smallest absolute Gasteiger partial charge is 0.421 e. The van der Waals surface area contributed by atoms with Crippen molar-refractivity contribution in [2.75, 3.05) is 55.0 Å². The van der Waals surface area contributed by atoms with Crippen LogP contribution in [0.5, 0.6) is 5.75 Å². The van der Waals surface area contributed by atoms with E-state index in [4.69, 9.17) is 4.74 Å². The third-order valence-electron chi connectivity index (χ3n) is 8.71. The minimum atomic E-state index is -4.77. The number of nitrogens with one attached hydrogen (secondary N) is 3. The Labute approximate surface area is 298 Å². The normalized spacial score (nSPS) is 17.7. The highest BCUT2D eigenvalue weighted by atomic mass is 127. The minimum Gasteiger partial charge on any atom is -0.495 e. The fourth-order valence-corrected chi connectivity index (χ4v) is 6.66. The van der Waals surface area contributed by atoms with Crippen molar-refractivity contribution < 1.29 is 31.1 Å². The lowest BCUT2D eigenvalue weighted by Gasteiger charge is -2.33. The van der Waals surface area contributed by atoms with Gasteiger partial charge in [0.2, 0.25) is 16.0 Å². The molecule has 1 saturated heterocycles. The van der Waals surface area contributed by atoms with E-state index in [1.165, 1.54) is 27.0 Å². The van der Waals surface area contributed by atoms with Gasteiger partial charge in [-0.2, -0.15) is 18.2 Å². The van der Waals surface area contributed by atoms with Crippen LogP contribution in [0, 0.1) is 5.92 Å². The molecular weight excluding hydrogens is 774 g/mol. The van der Waals surface area contributed by atoms with Crippen LogP contribution in [0.25, 0.3) is 0 Å². The molecule has 2 aromatic carbocycles. The second-order valence-corrected chi connectivity index (χ2v) is 16.5. The van der Waals surface area contributed by atoms with Crippen LogP contribution < -0.4 is 25.0 Å². The van der Waals surface area contributed by atoms with Gasteiger partial charge in [0.15, 0.2) is 0 Å². The Morgan fingerprint density at radius 1 is 1.18 bits per heavy atom. The van der Waals surface area contributed by atoms with Gasteiger partial charge >= 0.3 is 6.18 Å². The third-order valence-corrected chi connectivity index (χ3v) is 10.6. The average Bonchev–Trinajstić information content (AvgIpc) is 3.86. The summed E-state index contributed by atoms with van der Waals surface area (Å²) in [6, 6.07) is 10.0. The zero-order valence-electron chi connectivity index (χ0n) is 27.8. The molecule has 1 saturated carbocycles. The number of aromatic nitrogens is 2. The topological polar surface area (TPSA) is 129 Å². The summed E-state index contributed by atoms with van der Waals surface area (Å²) in [5.74, 6) is 0.182. The summed E-state index contributed by atoms with van der Waals surface area (Å²) >= 11 is 2.20. The molecule has 1 amide bonds. The van der Waals surface area contributed by atoms with Crippen LogP contribution in [0.4, 0.5) is 36.3 Å². The van der Waals surface area contributed by atoms with E-state index in [0.717, 1.165) is 54.5 Å². The number of likely N-dealkylation sites (tertiary alicyclic amines) is 1. The van der Waals surface area contributed by atoms with E-state index in [1.54, 1.807) is 36.4 Å². The maximum absolute atomic E-state index is 14.0. The molecule has 0 bridgehead atoms. The molecule has 1 aromatic heterocycles. The van der Waals surface area contributed by atoms with E-state index in [-0.39, 0.29) is 34.1 Å². The third kappa shape index (κ3) is 9.66. The maximum Gasteiger partial charge on any atom is 0.421 e. The number of hydrogen-bond acceptors (Lipinski definition) is 9. The first-order valence-electron chi connectivity index (χ1n) is 16.0. The van der Waals surface area contributed by atoms with E-state index in [0.29, 0.717) is 28.7 Å². The number of carbonyl (C=O) groups excluding carboxylic acids is 1. The summed E-state index contributed by atoms with van der Waals surface area (Å²) < 4.78 is 73.5. The SMILES string of the molecule is COc1cc(C(=O)N[C@@H]2CCCN(CC3CC3)C2)ccc1Nc1ncc(C(F)(F)F)c(NCc2ccc(C(C)I)cc2N(C)S(C)(=O)=O)n1. The summed E-state index contributed by atoms with van der Waals surface area (Å²) in [7, 11) is -0.835. The Morgan fingerprint density at radius 2 is 1.94 bits per heavy atom. The fraction of sp³-hybridized carbons (Fsp3) is 0.485. The first-order valence-corrected chi connectivity index (χ1v) is 19.1. The van der Waals surface area contributed by atoms with Crippen molar-refractivity contribution in [1.82, 2.24) is 20.2 Å². The Bertz CT molecular complexity index is 1770. The van der Waals surface area contributed by atoms with Crippen LogP contribution in [0.1, 0.15) is 63.6 Å². The second-order valence-electron chi connectivity index (χ2n) is 12.6. The van der Waals surface area contributed by atoms with Crippen molar-refractivity contribution in [3.8, 4) is 5.75 Å². The van der Waals surface area contributed by atoms with Gasteiger partial charge < -0.3 is 25.6 Å². The molecule has 2 atom stereocenters. The molecule has 49 heavy (non-hydrogen) atoms. The molecule has 5 rings (SSSR count). The monoisotopic (exact) mass is 815 g/mol. The number of anilines is 4. The standard InChI is InChI=1S/C33H41F3IN7O4S/c1-20(37)22-9-10-24(28(14-22)43(2)49(4,46)47)16-38-30-26(33(34,35)36)17-39-32(42-30)41-27-12-11-23(15-29(27)48-3)31(45)40-25-6-5-13-44(19-25)18-21-7-8-21/h9-12,14-15,17,20-21,25H,5-8,13,16,18-19H2,1-4H3,(H,40,45)(H2,38,39,41,42)/t20?,25-/m1/s1. The van der Waals surface area contributed by atoms with E-state index in [9.17, 15) is 26.4 Å². The van der Waals surface area contributed by atoms with Gasteiger partial charge in [-0.05, 0) is 80.5 Å². The van der Waals surface area contributed by atoms with Crippen LogP contribution in [-0.2, 0) is 22.7 Å². The predicted molar refractivity (Wildman–Crippen MR) is 192 cm³/mol. The lowest BCUT2D eigenvalue weighted by molar-refractivity contribution is -0.137. The fourth-order valence-electron chi connectivity index (χ4n) is 5.74. The van der Waals surface area contributed by atoms with Gasteiger partial charge in [-0.1, -0.05) is 34.7 Å². The molecule has 0 spiro atoms. The first-order chi connectivity index (χ1) is 23.1. The van der Waals surface area contributed by atoms with Crippen molar-refractivity contribution >= 4 is 61.7 Å². The van der Waals surface area contributed by atoms with Gasteiger partial charge in [0.1, 0.15) is 17.1 Å². The molecular formula is C33H41F3IN7O4S. The highest BCUT2D eigenvalue weighted by molar-refractivity contribution is 14.1. The number of hydrogen-bond donors (Lipinski definition) is 3. The van der Waals surface area contributed by atoms with Gasteiger partial charge in [-0.3, -0.25) is 9.10 Å². The first kappa shape index (κ1) is 36.9. The van der Waals surface area contributed by atoms with E-state index in [1.807, 2.05) is 6.92 Å². The highest BCUT2D eigenvalue weighted by Gasteiger charge is 2.35. The summed E-state index contributed by atoms with van der Waals surface area (Å²) in [6.07, 6.45) is 1.45. The van der Waals surface area contributed by atoms with E-state index < -0.39 is 27.6 Å². The molecule has 2 heterocycles. The number of halogens is 4. The number of carbonyl (C=O) groups is 1. The molecule has 1 aliphatic carbocycles. The van der Waals surface area contributed by atoms with Gasteiger partial charge in [-0.15, -0.1) is 0 Å². The minimum absolute atomic E-state index is 0.0471. The van der Waals surface area contributed by atoms with Crippen molar-refractivity contribution in [3.63, 3.8) is 0 Å². The number of sulfonamides is 1. The summed E-state index contributed by atoms with van der Waals surface area (Å²) in [5.41, 5.74) is 1.29. The highest BCUT2D eigenvalue weighted by Crippen LogP contribution is 2.36. The molecule has 266 valence electrons. The lowest BCUT2D eigenvalue weighted by atomic mass is 10.0. The van der Waals surface area contributed by atoms with Crippen molar-refractivity contribution in [2.45, 2.75) is 55.3 Å². The number of methoxy groups -OCH3 is 1. The van der Waals surface area contributed by atoms with Crippen molar-refractivity contribution in [1.29, 1.82) is 0 Å². The van der Waals surface area contributed by atoms with Crippen LogP contribution in [0.15, 0.2) is 42.6 Å². The Morgan fingerprint density at radius 3 is 2.59 bits per heavy atom. The summed E-state index contributed by atoms with van der Waals surface area (Å²) in [4.78, 5) is 23.6. The number of ether oxygens (including phenoxy) is 1.